The molecule has 1 amide bonds. The van der Waals surface area contributed by atoms with Gasteiger partial charge in [0.05, 0.1) is 11.6 Å². The molecule has 1 fully saturated rings. The SMILES string of the molecule is N#Cc1cccc(C(=O)N2CC(CO)C2)c1. The van der Waals surface area contributed by atoms with Gasteiger partial charge in [-0.15, -0.1) is 0 Å². The third-order valence-electron chi connectivity index (χ3n) is 2.74. The maximum Gasteiger partial charge on any atom is 0.253 e. The van der Waals surface area contributed by atoms with Gasteiger partial charge in [-0.2, -0.15) is 5.26 Å². The Bertz CT molecular complexity index is 445. The summed E-state index contributed by atoms with van der Waals surface area (Å²) >= 11 is 0. The quantitative estimate of drug-likeness (QED) is 0.788. The fourth-order valence-corrected chi connectivity index (χ4v) is 1.76. The lowest BCUT2D eigenvalue weighted by Crippen LogP contribution is -2.51. The summed E-state index contributed by atoms with van der Waals surface area (Å²) in [5, 5.41) is 17.6. The van der Waals surface area contributed by atoms with Gasteiger partial charge in [-0.3, -0.25) is 4.79 Å². The summed E-state index contributed by atoms with van der Waals surface area (Å²) in [6.45, 7) is 1.33. The van der Waals surface area contributed by atoms with Crippen LogP contribution in [0.15, 0.2) is 24.3 Å². The molecule has 1 aromatic carbocycles. The van der Waals surface area contributed by atoms with Crippen molar-refractivity contribution in [1.82, 2.24) is 4.90 Å². The average Bonchev–Trinajstić information content (AvgIpc) is 2.27. The Morgan fingerprint density at radius 2 is 2.31 bits per heavy atom. The van der Waals surface area contributed by atoms with Crippen LogP contribution in [0, 0.1) is 17.2 Å². The van der Waals surface area contributed by atoms with E-state index >= 15 is 0 Å². The third-order valence-corrected chi connectivity index (χ3v) is 2.74. The first-order valence-electron chi connectivity index (χ1n) is 5.15. The number of carbonyl (C=O) groups is 1. The fourth-order valence-electron chi connectivity index (χ4n) is 1.76. The second-order valence-corrected chi connectivity index (χ2v) is 3.95. The van der Waals surface area contributed by atoms with Crippen molar-refractivity contribution in [3.05, 3.63) is 35.4 Å². The van der Waals surface area contributed by atoms with Gasteiger partial charge in [-0.05, 0) is 18.2 Å². The number of nitrogens with zero attached hydrogens (tertiary/aromatic N) is 2. The lowest BCUT2D eigenvalue weighted by Gasteiger charge is -2.38. The zero-order valence-electron chi connectivity index (χ0n) is 8.76. The van der Waals surface area contributed by atoms with Crippen LogP contribution in [0.3, 0.4) is 0 Å². The number of aliphatic hydroxyl groups is 1. The maximum absolute atomic E-state index is 11.9. The molecule has 0 saturated carbocycles. The van der Waals surface area contributed by atoms with Crippen molar-refractivity contribution >= 4 is 5.91 Å². The van der Waals surface area contributed by atoms with Crippen LogP contribution in [0.1, 0.15) is 15.9 Å². The largest absolute Gasteiger partial charge is 0.396 e. The molecule has 4 nitrogen and oxygen atoms in total. The van der Waals surface area contributed by atoms with E-state index < -0.39 is 0 Å². The summed E-state index contributed by atoms with van der Waals surface area (Å²) < 4.78 is 0. The summed E-state index contributed by atoms with van der Waals surface area (Å²) in [6.07, 6.45) is 0. The molecule has 0 spiro atoms. The lowest BCUT2D eigenvalue weighted by molar-refractivity contribution is 0.0362. The van der Waals surface area contributed by atoms with Crippen LogP contribution in [-0.4, -0.2) is 35.6 Å². The Labute approximate surface area is 93.7 Å². The number of likely N-dealkylation sites (tertiary alicyclic amines) is 1. The zero-order chi connectivity index (χ0) is 11.5. The van der Waals surface area contributed by atoms with Gasteiger partial charge in [0.25, 0.3) is 5.91 Å². The van der Waals surface area contributed by atoms with Gasteiger partial charge in [-0.1, -0.05) is 6.07 Å². The highest BCUT2D eigenvalue weighted by molar-refractivity contribution is 5.95. The van der Waals surface area contributed by atoms with Gasteiger partial charge in [0.2, 0.25) is 0 Å². The zero-order valence-corrected chi connectivity index (χ0v) is 8.76. The predicted octanol–water partition coefficient (Wildman–Crippen LogP) is 0.623. The van der Waals surface area contributed by atoms with E-state index in [1.54, 1.807) is 29.2 Å². The van der Waals surface area contributed by atoms with Gasteiger partial charge in [0.1, 0.15) is 0 Å². The van der Waals surface area contributed by atoms with Crippen molar-refractivity contribution < 1.29 is 9.90 Å². The lowest BCUT2D eigenvalue weighted by atomic mass is 9.99. The van der Waals surface area contributed by atoms with Crippen LogP contribution in [0.2, 0.25) is 0 Å². The molecule has 0 aromatic heterocycles. The Kier molecular flexibility index (Phi) is 2.88. The Balaban J connectivity index is 2.08. The molecule has 0 radical (unpaired) electrons. The van der Waals surface area contributed by atoms with E-state index in [1.165, 1.54) is 0 Å². The van der Waals surface area contributed by atoms with Crippen LogP contribution in [0.25, 0.3) is 0 Å². The molecule has 1 N–H and O–H groups in total. The van der Waals surface area contributed by atoms with Gasteiger partial charge < -0.3 is 10.0 Å². The molecular weight excluding hydrogens is 204 g/mol. The Hall–Kier alpha value is -1.86. The van der Waals surface area contributed by atoms with Gasteiger partial charge in [0.15, 0.2) is 0 Å². The van der Waals surface area contributed by atoms with E-state index in [0.29, 0.717) is 24.2 Å². The number of aliphatic hydroxyl groups excluding tert-OH is 1. The first-order chi connectivity index (χ1) is 7.74. The van der Waals surface area contributed by atoms with E-state index in [0.717, 1.165) is 0 Å². The number of hydrogen-bond acceptors (Lipinski definition) is 3. The minimum Gasteiger partial charge on any atom is -0.396 e. The normalized spacial score (nSPS) is 15.4. The number of rotatable bonds is 2. The summed E-state index contributed by atoms with van der Waals surface area (Å²) in [5.74, 6) is 0.143. The molecular formula is C12H12N2O2. The molecule has 2 rings (SSSR count). The van der Waals surface area contributed by atoms with E-state index in [2.05, 4.69) is 0 Å². The highest BCUT2D eigenvalue weighted by Gasteiger charge is 2.30. The van der Waals surface area contributed by atoms with Crippen molar-refractivity contribution in [2.24, 2.45) is 5.92 Å². The summed E-state index contributed by atoms with van der Waals surface area (Å²) in [7, 11) is 0. The second kappa shape index (κ2) is 4.33. The standard InChI is InChI=1S/C12H12N2O2/c13-5-9-2-1-3-11(4-9)12(16)14-6-10(7-14)8-15/h1-4,10,15H,6-8H2. The first-order valence-corrected chi connectivity index (χ1v) is 5.15. The Morgan fingerprint density at radius 1 is 1.56 bits per heavy atom. The third kappa shape index (κ3) is 1.90. The minimum absolute atomic E-state index is 0.0678. The van der Waals surface area contributed by atoms with Crippen molar-refractivity contribution in [2.45, 2.75) is 0 Å². The molecule has 1 aliphatic rings. The molecule has 4 heteroatoms. The van der Waals surface area contributed by atoms with E-state index in [4.69, 9.17) is 10.4 Å². The number of amides is 1. The molecule has 0 atom stereocenters. The number of benzene rings is 1. The van der Waals surface area contributed by atoms with Crippen molar-refractivity contribution in [3.8, 4) is 6.07 Å². The summed E-state index contributed by atoms with van der Waals surface area (Å²) in [4.78, 5) is 13.6. The molecule has 16 heavy (non-hydrogen) atoms. The highest BCUT2D eigenvalue weighted by Crippen LogP contribution is 2.18. The van der Waals surface area contributed by atoms with Crippen molar-refractivity contribution in [3.63, 3.8) is 0 Å². The number of hydrogen-bond donors (Lipinski definition) is 1. The second-order valence-electron chi connectivity index (χ2n) is 3.95. The molecule has 1 aromatic rings. The van der Waals surface area contributed by atoms with Crippen LogP contribution in [0.4, 0.5) is 0 Å². The first kappa shape index (κ1) is 10.7. The van der Waals surface area contributed by atoms with Crippen molar-refractivity contribution in [2.75, 3.05) is 19.7 Å². The smallest absolute Gasteiger partial charge is 0.253 e. The Morgan fingerprint density at radius 3 is 2.94 bits per heavy atom. The van der Waals surface area contributed by atoms with Crippen molar-refractivity contribution in [1.29, 1.82) is 5.26 Å². The maximum atomic E-state index is 11.9. The topological polar surface area (TPSA) is 64.3 Å². The predicted molar refractivity (Wildman–Crippen MR) is 57.6 cm³/mol. The monoisotopic (exact) mass is 216 g/mol. The molecule has 1 heterocycles. The number of carbonyl (C=O) groups excluding carboxylic acids is 1. The van der Waals surface area contributed by atoms with E-state index in [-0.39, 0.29) is 18.4 Å². The average molecular weight is 216 g/mol. The molecule has 0 aliphatic carbocycles. The van der Waals surface area contributed by atoms with Gasteiger partial charge in [0, 0.05) is 31.2 Å². The summed E-state index contributed by atoms with van der Waals surface area (Å²) in [6, 6.07) is 8.68. The minimum atomic E-state index is -0.0678. The van der Waals surface area contributed by atoms with Gasteiger partial charge in [-0.25, -0.2) is 0 Å². The number of nitriles is 1. The molecule has 1 saturated heterocycles. The van der Waals surface area contributed by atoms with Crippen LogP contribution >= 0.6 is 0 Å². The molecule has 1 aliphatic heterocycles. The van der Waals surface area contributed by atoms with Crippen LogP contribution < -0.4 is 0 Å². The van der Waals surface area contributed by atoms with Crippen LogP contribution in [-0.2, 0) is 0 Å². The summed E-state index contributed by atoms with van der Waals surface area (Å²) in [5.41, 5.74) is 1.03. The highest BCUT2D eigenvalue weighted by atomic mass is 16.3. The fraction of sp³-hybridized carbons (Fsp3) is 0.333. The molecule has 0 bridgehead atoms. The van der Waals surface area contributed by atoms with E-state index in [1.807, 2.05) is 6.07 Å². The molecule has 0 unspecified atom stereocenters. The molecule has 82 valence electrons. The van der Waals surface area contributed by atoms with Gasteiger partial charge >= 0.3 is 0 Å². The van der Waals surface area contributed by atoms with E-state index in [9.17, 15) is 4.79 Å². The van der Waals surface area contributed by atoms with Crippen LogP contribution in [0.5, 0.6) is 0 Å².